The molecule has 9 heteroatoms. The van der Waals surface area contributed by atoms with Gasteiger partial charge in [-0.15, -0.1) is 0 Å². The summed E-state index contributed by atoms with van der Waals surface area (Å²) < 4.78 is 6.47. The molecule has 3 heterocycles. The third-order valence-electron chi connectivity index (χ3n) is 6.81. The molecule has 4 atom stereocenters. The second kappa shape index (κ2) is 7.87. The maximum atomic E-state index is 13.6. The van der Waals surface area contributed by atoms with Gasteiger partial charge in [0.15, 0.2) is 10.9 Å². The number of hydrogen-bond acceptors (Lipinski definition) is 7. The number of nitrogens with one attached hydrogen (secondary N) is 1. The van der Waals surface area contributed by atoms with Crippen molar-refractivity contribution in [3.05, 3.63) is 23.8 Å². The van der Waals surface area contributed by atoms with Gasteiger partial charge >= 0.3 is 0 Å². The average molecular weight is 443 g/mol. The number of anilines is 1. The number of carbonyl (C=O) groups is 3. The van der Waals surface area contributed by atoms with E-state index in [0.717, 1.165) is 35.9 Å². The van der Waals surface area contributed by atoms with Gasteiger partial charge in [-0.25, -0.2) is 4.98 Å². The Hall–Kier alpha value is -2.52. The molecule has 2 saturated heterocycles. The highest BCUT2D eigenvalue weighted by Crippen LogP contribution is 2.35. The summed E-state index contributed by atoms with van der Waals surface area (Å²) in [6, 6.07) is 4.06. The van der Waals surface area contributed by atoms with Crippen molar-refractivity contribution in [1.29, 1.82) is 0 Å². The number of nitrogen functional groups attached to an aromatic ring is 1. The highest BCUT2D eigenvalue weighted by molar-refractivity contribution is 7.22. The fourth-order valence-electron chi connectivity index (χ4n) is 5.28. The summed E-state index contributed by atoms with van der Waals surface area (Å²) in [5, 5.41) is 3.46. The lowest BCUT2D eigenvalue weighted by Gasteiger charge is -2.30. The minimum atomic E-state index is -0.642. The summed E-state index contributed by atoms with van der Waals surface area (Å²) in [6.07, 6.45) is 3.63. The molecular formula is C22H26N4O4S. The smallest absolute Gasteiger partial charge is 0.251 e. The molecule has 3 fully saturated rings. The molecule has 0 unspecified atom stereocenters. The minimum absolute atomic E-state index is 0.0487. The van der Waals surface area contributed by atoms with E-state index in [1.165, 1.54) is 11.3 Å². The lowest BCUT2D eigenvalue weighted by molar-refractivity contribution is -0.139. The van der Waals surface area contributed by atoms with Gasteiger partial charge in [0.25, 0.3) is 5.91 Å². The maximum absolute atomic E-state index is 13.6. The maximum Gasteiger partial charge on any atom is 0.251 e. The van der Waals surface area contributed by atoms with Gasteiger partial charge < -0.3 is 20.7 Å². The van der Waals surface area contributed by atoms with Crippen LogP contribution in [-0.2, 0) is 14.3 Å². The number of amides is 2. The fourth-order valence-corrected chi connectivity index (χ4v) is 6.05. The van der Waals surface area contributed by atoms with Crippen LogP contribution in [0.4, 0.5) is 5.13 Å². The molecule has 1 aromatic carbocycles. The van der Waals surface area contributed by atoms with Crippen LogP contribution in [0.25, 0.3) is 10.2 Å². The van der Waals surface area contributed by atoms with Gasteiger partial charge in [0.2, 0.25) is 5.91 Å². The second-order valence-electron chi connectivity index (χ2n) is 8.88. The Bertz CT molecular complexity index is 1050. The van der Waals surface area contributed by atoms with E-state index in [4.69, 9.17) is 10.5 Å². The molecule has 3 aliphatic rings. The predicted octanol–water partition coefficient (Wildman–Crippen LogP) is 1.98. The number of Topliss-reactive ketones (excluding diaryl/α,β-unsaturated/α-hetero) is 1. The Balaban J connectivity index is 1.40. The Morgan fingerprint density at radius 2 is 2.10 bits per heavy atom. The van der Waals surface area contributed by atoms with E-state index in [0.29, 0.717) is 17.2 Å². The van der Waals surface area contributed by atoms with Crippen molar-refractivity contribution in [3.8, 4) is 0 Å². The van der Waals surface area contributed by atoms with E-state index in [-0.39, 0.29) is 42.1 Å². The molecule has 2 aliphatic heterocycles. The first kappa shape index (κ1) is 20.4. The van der Waals surface area contributed by atoms with Crippen LogP contribution in [0.5, 0.6) is 0 Å². The van der Waals surface area contributed by atoms with Crippen LogP contribution >= 0.6 is 11.3 Å². The number of ether oxygens (including phenoxy) is 1. The van der Waals surface area contributed by atoms with Crippen molar-refractivity contribution < 1.29 is 19.1 Å². The molecule has 3 N–H and O–H groups in total. The van der Waals surface area contributed by atoms with E-state index in [1.807, 2.05) is 6.92 Å². The van der Waals surface area contributed by atoms with Crippen LogP contribution in [0.2, 0.25) is 0 Å². The molecule has 0 spiro atoms. The Morgan fingerprint density at radius 1 is 1.32 bits per heavy atom. The number of nitrogens with two attached hydrogens (primary N) is 1. The zero-order valence-corrected chi connectivity index (χ0v) is 18.2. The Labute approximate surface area is 184 Å². The van der Waals surface area contributed by atoms with E-state index in [1.54, 1.807) is 23.1 Å². The third-order valence-corrected chi connectivity index (χ3v) is 7.66. The summed E-state index contributed by atoms with van der Waals surface area (Å²) in [5.41, 5.74) is 7.00. The molecule has 2 amide bonds. The SMILES string of the molecule is C[C@H]1CN(C(=O)[C@@H](NC(=O)c2ccc3nc(N)sc3c2)C2CCCC2)[C@@H]2C(=O)CO[C@@H]21. The molecule has 1 aliphatic carbocycles. The van der Waals surface area contributed by atoms with E-state index in [9.17, 15) is 14.4 Å². The van der Waals surface area contributed by atoms with Gasteiger partial charge in [-0.05, 0) is 37.0 Å². The molecule has 8 nitrogen and oxygen atoms in total. The van der Waals surface area contributed by atoms with E-state index >= 15 is 0 Å². The van der Waals surface area contributed by atoms with E-state index < -0.39 is 12.1 Å². The summed E-state index contributed by atoms with van der Waals surface area (Å²) in [6.45, 7) is 2.54. The molecule has 0 radical (unpaired) electrons. The molecule has 0 bridgehead atoms. The van der Waals surface area contributed by atoms with Crippen molar-refractivity contribution in [2.45, 2.75) is 50.8 Å². The van der Waals surface area contributed by atoms with Crippen LogP contribution in [-0.4, -0.2) is 58.8 Å². The zero-order chi connectivity index (χ0) is 21.7. The number of rotatable bonds is 4. The molecule has 1 aromatic heterocycles. The van der Waals surface area contributed by atoms with Crippen LogP contribution in [0, 0.1) is 11.8 Å². The second-order valence-corrected chi connectivity index (χ2v) is 9.95. The lowest BCUT2D eigenvalue weighted by Crippen LogP contribution is -2.54. The van der Waals surface area contributed by atoms with Crippen LogP contribution in [0.15, 0.2) is 18.2 Å². The van der Waals surface area contributed by atoms with Gasteiger partial charge in [-0.3, -0.25) is 14.4 Å². The molecule has 2 aromatic rings. The van der Waals surface area contributed by atoms with Crippen molar-refractivity contribution in [2.24, 2.45) is 11.8 Å². The number of ketones is 1. The molecule has 31 heavy (non-hydrogen) atoms. The molecule has 164 valence electrons. The monoisotopic (exact) mass is 442 g/mol. The number of hydrogen-bond donors (Lipinski definition) is 2. The fraction of sp³-hybridized carbons (Fsp3) is 0.545. The average Bonchev–Trinajstić information content (AvgIpc) is 3.51. The van der Waals surface area contributed by atoms with E-state index in [2.05, 4.69) is 10.3 Å². The topological polar surface area (TPSA) is 115 Å². The van der Waals surface area contributed by atoms with Crippen LogP contribution < -0.4 is 11.1 Å². The number of benzene rings is 1. The van der Waals surface area contributed by atoms with Crippen molar-refractivity contribution in [1.82, 2.24) is 15.2 Å². The first-order valence-corrected chi connectivity index (χ1v) is 11.7. The van der Waals surface area contributed by atoms with Gasteiger partial charge in [0.05, 0.1) is 16.3 Å². The quantitative estimate of drug-likeness (QED) is 0.748. The number of aromatic nitrogens is 1. The highest BCUT2D eigenvalue weighted by Gasteiger charge is 2.52. The summed E-state index contributed by atoms with van der Waals surface area (Å²) in [5.74, 6) is -0.337. The number of thiazole rings is 1. The molecule has 1 saturated carbocycles. The largest absolute Gasteiger partial charge is 0.375 e. The highest BCUT2D eigenvalue weighted by atomic mass is 32.1. The molecule has 5 rings (SSSR count). The lowest BCUT2D eigenvalue weighted by atomic mass is 9.95. The van der Waals surface area contributed by atoms with Crippen molar-refractivity contribution in [3.63, 3.8) is 0 Å². The Morgan fingerprint density at radius 3 is 2.87 bits per heavy atom. The Kier molecular flexibility index (Phi) is 5.18. The van der Waals surface area contributed by atoms with Crippen LogP contribution in [0.1, 0.15) is 43.0 Å². The van der Waals surface area contributed by atoms with Crippen molar-refractivity contribution in [2.75, 3.05) is 18.9 Å². The first-order chi connectivity index (χ1) is 14.9. The normalized spacial score (nSPS) is 27.1. The third kappa shape index (κ3) is 3.59. The number of carbonyl (C=O) groups excluding carboxylic acids is 3. The minimum Gasteiger partial charge on any atom is -0.375 e. The predicted molar refractivity (Wildman–Crippen MR) is 117 cm³/mol. The van der Waals surface area contributed by atoms with Crippen LogP contribution in [0.3, 0.4) is 0 Å². The summed E-state index contributed by atoms with van der Waals surface area (Å²) >= 11 is 1.33. The number of fused-ring (bicyclic) bond motifs is 2. The summed E-state index contributed by atoms with van der Waals surface area (Å²) in [4.78, 5) is 45.0. The van der Waals surface area contributed by atoms with Gasteiger partial charge in [-0.1, -0.05) is 31.1 Å². The van der Waals surface area contributed by atoms with Gasteiger partial charge in [0, 0.05) is 18.0 Å². The number of nitrogens with zero attached hydrogens (tertiary/aromatic N) is 2. The van der Waals surface area contributed by atoms with Crippen molar-refractivity contribution >= 4 is 44.3 Å². The first-order valence-electron chi connectivity index (χ1n) is 10.8. The number of likely N-dealkylation sites (tertiary alicyclic amines) is 1. The van der Waals surface area contributed by atoms with Gasteiger partial charge in [0.1, 0.15) is 18.7 Å². The summed E-state index contributed by atoms with van der Waals surface area (Å²) in [7, 11) is 0. The zero-order valence-electron chi connectivity index (χ0n) is 17.4. The van der Waals surface area contributed by atoms with Gasteiger partial charge in [-0.2, -0.15) is 0 Å². The standard InChI is InChI=1S/C22H26N4O4S/c1-11-9-26(18-15(27)10-30-19(11)18)21(29)17(12-4-2-3-5-12)25-20(28)13-6-7-14-16(8-13)31-22(23)24-14/h6-8,11-12,17-19H,2-5,9-10H2,1H3,(H2,23,24)(H,25,28)/t11-,17-,18+,19+/m0/s1. The molecular weight excluding hydrogens is 416 g/mol.